The maximum Gasteiger partial charge on any atom is 0.264 e. The van der Waals surface area contributed by atoms with E-state index >= 15 is 0 Å². The van der Waals surface area contributed by atoms with Gasteiger partial charge in [0.2, 0.25) is 0 Å². The summed E-state index contributed by atoms with van der Waals surface area (Å²) in [6.07, 6.45) is 7.22. The van der Waals surface area contributed by atoms with Gasteiger partial charge in [-0.15, -0.1) is 23.7 Å². The molecule has 1 amide bonds. The molecule has 5 nitrogen and oxygen atoms in total. The molecule has 7 heteroatoms. The molecule has 0 aromatic carbocycles. The van der Waals surface area contributed by atoms with E-state index in [-0.39, 0.29) is 24.4 Å². The third-order valence-corrected chi connectivity index (χ3v) is 6.43. The zero-order chi connectivity index (χ0) is 16.7. The second-order valence-electron chi connectivity index (χ2n) is 7.02. The Balaban J connectivity index is 0.00000182. The van der Waals surface area contributed by atoms with Gasteiger partial charge in [-0.3, -0.25) is 4.79 Å². The molecule has 2 atom stereocenters. The molecule has 0 saturated carbocycles. The molecule has 1 aliphatic heterocycles. The van der Waals surface area contributed by atoms with Crippen LogP contribution in [0, 0.1) is 5.92 Å². The molecule has 2 aromatic rings. The lowest BCUT2D eigenvalue weighted by Crippen LogP contribution is -2.49. The van der Waals surface area contributed by atoms with Crippen molar-refractivity contribution in [2.75, 3.05) is 19.6 Å². The van der Waals surface area contributed by atoms with Gasteiger partial charge in [0.15, 0.2) is 0 Å². The van der Waals surface area contributed by atoms with Crippen LogP contribution in [0.3, 0.4) is 0 Å². The Bertz CT molecular complexity index is 756. The highest BCUT2D eigenvalue weighted by Gasteiger charge is 2.32. The van der Waals surface area contributed by atoms with Crippen molar-refractivity contribution < 1.29 is 4.79 Å². The zero-order valence-electron chi connectivity index (χ0n) is 14.7. The van der Waals surface area contributed by atoms with Gasteiger partial charge in [0.25, 0.3) is 5.91 Å². The fourth-order valence-corrected chi connectivity index (χ4v) is 4.99. The first kappa shape index (κ1) is 18.4. The summed E-state index contributed by atoms with van der Waals surface area (Å²) in [5.74, 6) is 1.84. The van der Waals surface area contributed by atoms with Crippen LogP contribution < -0.4 is 5.32 Å². The molecule has 1 N–H and O–H groups in total. The van der Waals surface area contributed by atoms with Gasteiger partial charge in [-0.1, -0.05) is 6.92 Å². The number of carbonyl (C=O) groups is 1. The Hall–Kier alpha value is -1.37. The highest BCUT2D eigenvalue weighted by molar-refractivity contribution is 7.14. The number of nitrogens with one attached hydrogen (secondary N) is 1. The zero-order valence-corrected chi connectivity index (χ0v) is 16.3. The lowest BCUT2D eigenvalue weighted by Gasteiger charge is -2.35. The van der Waals surface area contributed by atoms with Crippen LogP contribution in [0.4, 0.5) is 0 Å². The van der Waals surface area contributed by atoms with Gasteiger partial charge in [-0.2, -0.15) is 0 Å². The number of aryl methyl sites for hydroxylation is 2. The molecule has 2 aliphatic rings. The van der Waals surface area contributed by atoms with Crippen LogP contribution in [0.2, 0.25) is 0 Å². The van der Waals surface area contributed by atoms with Crippen LogP contribution in [-0.2, 0) is 19.9 Å². The van der Waals surface area contributed by atoms with E-state index in [9.17, 15) is 4.79 Å². The molecule has 1 saturated heterocycles. The lowest BCUT2D eigenvalue weighted by atomic mass is 9.90. The van der Waals surface area contributed by atoms with E-state index in [0.717, 1.165) is 49.1 Å². The first-order valence-electron chi connectivity index (χ1n) is 8.74. The molecule has 3 heterocycles. The Morgan fingerprint density at radius 2 is 2.28 bits per heavy atom. The smallest absolute Gasteiger partial charge is 0.264 e. The van der Waals surface area contributed by atoms with Gasteiger partial charge in [-0.05, 0) is 36.8 Å². The number of amides is 1. The molecular weight excluding hydrogens is 356 g/mol. The van der Waals surface area contributed by atoms with Gasteiger partial charge in [0.1, 0.15) is 11.9 Å². The van der Waals surface area contributed by atoms with Crippen molar-refractivity contribution in [1.29, 1.82) is 0 Å². The number of piperazine rings is 1. The number of carbonyl (C=O) groups excluding carboxylic acids is 1. The highest BCUT2D eigenvalue weighted by atomic mass is 35.5. The van der Waals surface area contributed by atoms with Crippen molar-refractivity contribution in [2.24, 2.45) is 13.0 Å². The fraction of sp³-hybridized carbons (Fsp3) is 0.556. The third kappa shape index (κ3) is 3.48. The number of hydrogen-bond donors (Lipinski definition) is 1. The van der Waals surface area contributed by atoms with Crippen molar-refractivity contribution >= 4 is 29.7 Å². The molecule has 0 spiro atoms. The van der Waals surface area contributed by atoms with Crippen LogP contribution in [0.5, 0.6) is 0 Å². The largest absolute Gasteiger partial charge is 0.336 e. The molecule has 1 fully saturated rings. The monoisotopic (exact) mass is 380 g/mol. The first-order chi connectivity index (χ1) is 11.6. The van der Waals surface area contributed by atoms with E-state index < -0.39 is 0 Å². The van der Waals surface area contributed by atoms with E-state index in [1.807, 2.05) is 22.7 Å². The highest BCUT2D eigenvalue weighted by Crippen LogP contribution is 2.34. The topological polar surface area (TPSA) is 50.2 Å². The Morgan fingerprint density at radius 1 is 1.44 bits per heavy atom. The van der Waals surface area contributed by atoms with E-state index in [1.165, 1.54) is 16.9 Å². The van der Waals surface area contributed by atoms with E-state index in [4.69, 9.17) is 0 Å². The molecule has 25 heavy (non-hydrogen) atoms. The summed E-state index contributed by atoms with van der Waals surface area (Å²) in [5.41, 5.74) is 1.39. The van der Waals surface area contributed by atoms with Crippen LogP contribution in [0.25, 0.3) is 0 Å². The van der Waals surface area contributed by atoms with E-state index in [0.29, 0.717) is 0 Å². The molecule has 136 valence electrons. The lowest BCUT2D eigenvalue weighted by molar-refractivity contribution is 0.0626. The Labute approximate surface area is 158 Å². The number of imidazole rings is 1. The van der Waals surface area contributed by atoms with Gasteiger partial charge < -0.3 is 14.8 Å². The quantitative estimate of drug-likeness (QED) is 0.871. The van der Waals surface area contributed by atoms with Crippen LogP contribution in [0.15, 0.2) is 18.5 Å². The van der Waals surface area contributed by atoms with E-state index in [2.05, 4.69) is 23.3 Å². The third-order valence-electron chi connectivity index (χ3n) is 5.20. The minimum atomic E-state index is 0. The van der Waals surface area contributed by atoms with Crippen molar-refractivity contribution in [2.45, 2.75) is 32.2 Å². The number of aromatic nitrogens is 2. The summed E-state index contributed by atoms with van der Waals surface area (Å²) in [7, 11) is 1.99. The summed E-state index contributed by atoms with van der Waals surface area (Å²) in [5, 5.41) is 3.40. The maximum atomic E-state index is 13.2. The van der Waals surface area contributed by atoms with Crippen molar-refractivity contribution in [3.8, 4) is 0 Å². The molecule has 2 unspecified atom stereocenters. The predicted octanol–water partition coefficient (Wildman–Crippen LogP) is 2.81. The number of hydrogen-bond acceptors (Lipinski definition) is 4. The number of halogens is 1. The number of fused-ring (bicyclic) bond motifs is 1. The minimum absolute atomic E-state index is 0. The average Bonchev–Trinajstić information content (AvgIpc) is 3.19. The average molecular weight is 381 g/mol. The number of thiophene rings is 1. The molecule has 0 bridgehead atoms. The maximum absolute atomic E-state index is 13.2. The summed E-state index contributed by atoms with van der Waals surface area (Å²) >= 11 is 1.70. The standard InChI is InChI=1S/C18H24N4OS.ClH/c1-12-3-4-15-13(9-12)10-16(24-15)18(23)22-8-5-19-11-14(22)17-20-6-7-21(17)2;/h6-7,10,12,14,19H,3-5,8-9,11H2,1-2H3;1H. The van der Waals surface area contributed by atoms with Crippen LogP contribution in [0.1, 0.15) is 45.3 Å². The number of rotatable bonds is 2. The molecule has 4 rings (SSSR count). The van der Waals surface area contributed by atoms with Crippen LogP contribution in [-0.4, -0.2) is 40.0 Å². The summed E-state index contributed by atoms with van der Waals surface area (Å²) in [6, 6.07) is 2.15. The van der Waals surface area contributed by atoms with Gasteiger partial charge in [-0.25, -0.2) is 4.98 Å². The van der Waals surface area contributed by atoms with E-state index in [1.54, 1.807) is 17.5 Å². The normalized spacial score (nSPS) is 23.0. The van der Waals surface area contributed by atoms with Gasteiger partial charge in [0.05, 0.1) is 4.88 Å². The summed E-state index contributed by atoms with van der Waals surface area (Å²) in [4.78, 5) is 22.0. The fourth-order valence-electron chi connectivity index (χ4n) is 3.83. The van der Waals surface area contributed by atoms with Crippen molar-refractivity contribution in [3.05, 3.63) is 39.6 Å². The predicted molar refractivity (Wildman–Crippen MR) is 103 cm³/mol. The molecule has 1 aliphatic carbocycles. The summed E-state index contributed by atoms with van der Waals surface area (Å²) in [6.45, 7) is 4.64. The molecule has 2 aromatic heterocycles. The Kier molecular flexibility index (Phi) is 5.51. The molecule has 0 radical (unpaired) electrons. The Morgan fingerprint density at radius 3 is 3.04 bits per heavy atom. The van der Waals surface area contributed by atoms with Crippen molar-refractivity contribution in [3.63, 3.8) is 0 Å². The molecular formula is C18H25ClN4OS. The second-order valence-corrected chi connectivity index (χ2v) is 8.16. The van der Waals surface area contributed by atoms with Gasteiger partial charge in [0, 0.05) is 44.0 Å². The number of nitrogens with zero attached hydrogens (tertiary/aromatic N) is 3. The van der Waals surface area contributed by atoms with Crippen molar-refractivity contribution in [1.82, 2.24) is 19.8 Å². The second kappa shape index (κ2) is 7.48. The first-order valence-corrected chi connectivity index (χ1v) is 9.55. The SMILES string of the molecule is CC1CCc2sc(C(=O)N3CCNCC3c3nccn3C)cc2C1.Cl. The van der Waals surface area contributed by atoms with Crippen LogP contribution >= 0.6 is 23.7 Å². The van der Waals surface area contributed by atoms with Gasteiger partial charge >= 0.3 is 0 Å². The minimum Gasteiger partial charge on any atom is -0.336 e. The summed E-state index contributed by atoms with van der Waals surface area (Å²) < 4.78 is 2.01.